The van der Waals surface area contributed by atoms with Crippen LogP contribution in [-0.4, -0.2) is 73.5 Å². The van der Waals surface area contributed by atoms with Gasteiger partial charge in [-0.2, -0.15) is 0 Å². The SMILES string of the molecule is CCCCCC(=O)C(=O)N(C)Cc1cc(-c2ccc(C[C@H](OCC)C(=O)N3CCOCC3)cc2)cs1. The molecule has 2 heterocycles. The Morgan fingerprint density at radius 2 is 1.81 bits per heavy atom. The van der Waals surface area contributed by atoms with Gasteiger partial charge < -0.3 is 19.3 Å². The number of hydrogen-bond donors (Lipinski definition) is 0. The molecule has 36 heavy (non-hydrogen) atoms. The molecule has 0 spiro atoms. The van der Waals surface area contributed by atoms with Crippen molar-refractivity contribution in [2.75, 3.05) is 40.0 Å². The fourth-order valence-electron chi connectivity index (χ4n) is 4.23. The minimum absolute atomic E-state index is 0.0224. The standard InChI is InChI=1S/C28H38N2O5S/c1-4-6-7-8-25(31)27(32)29(3)19-24-18-23(20-36-24)22-11-9-21(10-12-22)17-26(35-5-2)28(33)30-13-15-34-16-14-30/h9-12,18,20,26H,4-8,13-17,19H2,1-3H3/t26-/m0/s1. The Morgan fingerprint density at radius 1 is 1.08 bits per heavy atom. The maximum atomic E-state index is 12.9. The number of thiophene rings is 1. The first-order valence-corrected chi connectivity index (χ1v) is 13.7. The molecule has 0 bridgehead atoms. The number of ketones is 1. The average molecular weight is 515 g/mol. The van der Waals surface area contributed by atoms with Crippen molar-refractivity contribution >= 4 is 28.9 Å². The van der Waals surface area contributed by atoms with Crippen LogP contribution >= 0.6 is 11.3 Å². The van der Waals surface area contributed by atoms with Crippen molar-refractivity contribution in [3.05, 3.63) is 46.2 Å². The van der Waals surface area contributed by atoms with Crippen LogP contribution < -0.4 is 0 Å². The lowest BCUT2D eigenvalue weighted by Gasteiger charge is -2.30. The van der Waals surface area contributed by atoms with Crippen molar-refractivity contribution in [3.63, 3.8) is 0 Å². The van der Waals surface area contributed by atoms with E-state index in [-0.39, 0.29) is 11.7 Å². The van der Waals surface area contributed by atoms with Gasteiger partial charge in [-0.25, -0.2) is 0 Å². The van der Waals surface area contributed by atoms with Crippen molar-refractivity contribution in [3.8, 4) is 11.1 Å². The van der Waals surface area contributed by atoms with Crippen molar-refractivity contribution in [1.29, 1.82) is 0 Å². The molecule has 2 aromatic rings. The highest BCUT2D eigenvalue weighted by atomic mass is 32.1. The molecule has 1 aliphatic heterocycles. The van der Waals surface area contributed by atoms with Gasteiger partial charge in [0.25, 0.3) is 11.8 Å². The molecule has 0 unspecified atom stereocenters. The van der Waals surface area contributed by atoms with Crippen LogP contribution in [0.2, 0.25) is 0 Å². The molecule has 0 radical (unpaired) electrons. The number of amides is 2. The van der Waals surface area contributed by atoms with Crippen LogP contribution in [0.5, 0.6) is 0 Å². The highest BCUT2D eigenvalue weighted by Crippen LogP contribution is 2.27. The van der Waals surface area contributed by atoms with Gasteiger partial charge in [0.2, 0.25) is 5.78 Å². The summed E-state index contributed by atoms with van der Waals surface area (Å²) in [6.07, 6.45) is 3.10. The third-order valence-corrected chi connectivity index (χ3v) is 7.24. The molecular formula is C28H38N2O5S. The van der Waals surface area contributed by atoms with E-state index >= 15 is 0 Å². The van der Waals surface area contributed by atoms with Crippen LogP contribution in [0, 0.1) is 0 Å². The Hall–Kier alpha value is -2.55. The molecule has 196 valence electrons. The molecule has 1 atom stereocenters. The van der Waals surface area contributed by atoms with E-state index < -0.39 is 12.0 Å². The summed E-state index contributed by atoms with van der Waals surface area (Å²) in [6.45, 7) is 7.24. The highest BCUT2D eigenvalue weighted by Gasteiger charge is 2.26. The van der Waals surface area contributed by atoms with Crippen LogP contribution in [0.25, 0.3) is 11.1 Å². The number of unbranched alkanes of at least 4 members (excludes halogenated alkanes) is 2. The van der Waals surface area contributed by atoms with Crippen LogP contribution in [0.3, 0.4) is 0 Å². The highest BCUT2D eigenvalue weighted by molar-refractivity contribution is 7.10. The number of morpholine rings is 1. The fraction of sp³-hybridized carbons (Fsp3) is 0.536. The van der Waals surface area contributed by atoms with Crippen LogP contribution in [0.4, 0.5) is 0 Å². The molecule has 1 aromatic carbocycles. The van der Waals surface area contributed by atoms with Gasteiger partial charge in [0.15, 0.2) is 0 Å². The first-order valence-electron chi connectivity index (χ1n) is 12.9. The van der Waals surface area contributed by atoms with E-state index in [2.05, 4.69) is 30.5 Å². The van der Waals surface area contributed by atoms with E-state index in [1.165, 1.54) is 4.90 Å². The maximum absolute atomic E-state index is 12.9. The van der Waals surface area contributed by atoms with Gasteiger partial charge in [-0.15, -0.1) is 11.3 Å². The van der Waals surface area contributed by atoms with Crippen molar-refractivity contribution in [2.24, 2.45) is 0 Å². The predicted octanol–water partition coefficient (Wildman–Crippen LogP) is 4.33. The first-order chi connectivity index (χ1) is 17.4. The lowest BCUT2D eigenvalue weighted by atomic mass is 10.0. The molecule has 0 saturated carbocycles. The van der Waals surface area contributed by atoms with Gasteiger partial charge in [0, 0.05) is 44.5 Å². The third-order valence-electron chi connectivity index (χ3n) is 6.31. The number of rotatable bonds is 13. The summed E-state index contributed by atoms with van der Waals surface area (Å²) in [4.78, 5) is 41.8. The van der Waals surface area contributed by atoms with E-state index in [1.807, 2.05) is 24.0 Å². The van der Waals surface area contributed by atoms with E-state index in [0.717, 1.165) is 40.8 Å². The molecule has 7 nitrogen and oxygen atoms in total. The van der Waals surface area contributed by atoms with E-state index in [4.69, 9.17) is 9.47 Å². The third kappa shape index (κ3) is 7.98. The zero-order valence-corrected chi connectivity index (χ0v) is 22.5. The summed E-state index contributed by atoms with van der Waals surface area (Å²) >= 11 is 1.58. The van der Waals surface area contributed by atoms with Gasteiger partial charge in [-0.05, 0) is 41.5 Å². The second kappa shape index (κ2) is 14.3. The number of carbonyl (C=O) groups excluding carboxylic acids is 3. The van der Waals surface area contributed by atoms with Gasteiger partial charge in [0.1, 0.15) is 6.10 Å². The minimum Gasteiger partial charge on any atom is -0.378 e. The number of ether oxygens (including phenoxy) is 2. The van der Waals surface area contributed by atoms with Crippen molar-refractivity contribution in [1.82, 2.24) is 9.80 Å². The number of benzene rings is 1. The molecule has 1 aliphatic rings. The summed E-state index contributed by atoms with van der Waals surface area (Å²) in [6, 6.07) is 10.2. The molecular weight excluding hydrogens is 476 g/mol. The molecule has 1 saturated heterocycles. The normalized spacial score (nSPS) is 14.5. The summed E-state index contributed by atoms with van der Waals surface area (Å²) in [5.41, 5.74) is 3.18. The second-order valence-electron chi connectivity index (χ2n) is 9.13. The van der Waals surface area contributed by atoms with Crippen molar-refractivity contribution < 1.29 is 23.9 Å². The summed E-state index contributed by atoms with van der Waals surface area (Å²) in [5, 5.41) is 2.07. The number of hydrogen-bond acceptors (Lipinski definition) is 6. The van der Waals surface area contributed by atoms with E-state index in [0.29, 0.717) is 52.3 Å². The van der Waals surface area contributed by atoms with E-state index in [1.54, 1.807) is 18.4 Å². The smallest absolute Gasteiger partial charge is 0.289 e. The van der Waals surface area contributed by atoms with Crippen LogP contribution in [0.15, 0.2) is 35.7 Å². The Kier molecular flexibility index (Phi) is 11.1. The van der Waals surface area contributed by atoms with Gasteiger partial charge in [0.05, 0.1) is 19.8 Å². The summed E-state index contributed by atoms with van der Waals surface area (Å²) in [5.74, 6) is -0.703. The number of likely N-dealkylation sites (N-methyl/N-ethyl adjacent to an activating group) is 1. The second-order valence-corrected chi connectivity index (χ2v) is 10.1. The summed E-state index contributed by atoms with van der Waals surface area (Å²) < 4.78 is 11.2. The lowest BCUT2D eigenvalue weighted by Crippen LogP contribution is -2.47. The maximum Gasteiger partial charge on any atom is 0.289 e. The van der Waals surface area contributed by atoms with E-state index in [9.17, 15) is 14.4 Å². The number of nitrogens with zero attached hydrogens (tertiary/aromatic N) is 2. The number of carbonyl (C=O) groups is 3. The van der Waals surface area contributed by atoms with Gasteiger partial charge in [-0.1, -0.05) is 44.0 Å². The zero-order valence-electron chi connectivity index (χ0n) is 21.7. The van der Waals surface area contributed by atoms with Crippen LogP contribution in [0.1, 0.15) is 50.0 Å². The monoisotopic (exact) mass is 514 g/mol. The first kappa shape index (κ1) is 28.0. The Bertz CT molecular complexity index is 998. The molecule has 8 heteroatoms. The minimum atomic E-state index is -0.496. The Labute approximate surface area is 218 Å². The average Bonchev–Trinajstić information content (AvgIpc) is 3.37. The molecule has 1 aromatic heterocycles. The number of Topliss-reactive ketones (excluding diaryl/α,β-unsaturated/α-hetero) is 1. The molecule has 1 fully saturated rings. The van der Waals surface area contributed by atoms with Gasteiger partial charge in [-0.3, -0.25) is 14.4 Å². The predicted molar refractivity (Wildman–Crippen MR) is 142 cm³/mol. The van der Waals surface area contributed by atoms with Crippen LogP contribution in [-0.2, 0) is 36.8 Å². The Morgan fingerprint density at radius 3 is 2.47 bits per heavy atom. The molecule has 3 rings (SSSR count). The topological polar surface area (TPSA) is 76.2 Å². The quantitative estimate of drug-likeness (QED) is 0.294. The lowest BCUT2D eigenvalue weighted by molar-refractivity contribution is -0.147. The molecule has 2 amide bonds. The summed E-state index contributed by atoms with van der Waals surface area (Å²) in [7, 11) is 1.68. The zero-order chi connectivity index (χ0) is 25.9. The Balaban J connectivity index is 1.57. The largest absolute Gasteiger partial charge is 0.378 e. The molecule has 0 aliphatic carbocycles. The molecule has 0 N–H and O–H groups in total. The van der Waals surface area contributed by atoms with Crippen molar-refractivity contribution in [2.45, 2.75) is 58.6 Å². The van der Waals surface area contributed by atoms with Gasteiger partial charge >= 0.3 is 0 Å². The fourth-order valence-corrected chi connectivity index (χ4v) is 5.17.